The molecule has 0 N–H and O–H groups in total. The van der Waals surface area contributed by atoms with Gasteiger partial charge in [-0.05, 0) is 26.8 Å². The topological polar surface area (TPSA) is 71.1 Å². The maximum absolute atomic E-state index is 11.8. The van der Waals surface area contributed by atoms with Crippen LogP contribution < -0.4 is 0 Å². The molecule has 0 aliphatic carbocycles. The van der Waals surface area contributed by atoms with Crippen molar-refractivity contribution >= 4 is 11.9 Å². The molecule has 1 aliphatic rings. The van der Waals surface area contributed by atoms with Crippen LogP contribution in [-0.4, -0.2) is 37.0 Å². The zero-order valence-electron chi connectivity index (χ0n) is 12.5. The molecule has 0 saturated carbocycles. The Labute approximate surface area is 124 Å². The molecule has 1 fully saturated rings. The Bertz CT molecular complexity index is 461. The normalized spacial score (nSPS) is 21.3. The second-order valence-corrected chi connectivity index (χ2v) is 4.65. The molecule has 116 valence electrons. The highest BCUT2D eigenvalue weighted by molar-refractivity contribution is 5.92. The van der Waals surface area contributed by atoms with Gasteiger partial charge >= 0.3 is 11.9 Å². The molecule has 0 amide bonds. The summed E-state index contributed by atoms with van der Waals surface area (Å²) in [6, 6.07) is 0. The summed E-state index contributed by atoms with van der Waals surface area (Å²) in [5.41, 5.74) is 0.231. The van der Waals surface area contributed by atoms with Crippen molar-refractivity contribution < 1.29 is 28.5 Å². The predicted octanol–water partition coefficient (Wildman–Crippen LogP) is 1.87. The molecule has 0 spiro atoms. The standard InChI is InChI=1S/C15H20O6/c1-5-11(9-12-10-20-15(3,4)21-12)14(17)19-8-7-13(16)18-6-2/h5,7-9,12H,1,6,10H2,2-4H3/b8-7+,11-9+/t12-/m0/s1. The van der Waals surface area contributed by atoms with E-state index in [2.05, 4.69) is 11.3 Å². The van der Waals surface area contributed by atoms with E-state index in [9.17, 15) is 9.59 Å². The first-order valence-corrected chi connectivity index (χ1v) is 6.58. The van der Waals surface area contributed by atoms with Gasteiger partial charge in [-0.1, -0.05) is 12.7 Å². The Balaban J connectivity index is 2.58. The maximum Gasteiger partial charge on any atom is 0.342 e. The molecule has 1 aliphatic heterocycles. The van der Waals surface area contributed by atoms with E-state index in [0.29, 0.717) is 6.61 Å². The van der Waals surface area contributed by atoms with Crippen molar-refractivity contribution in [2.24, 2.45) is 0 Å². The van der Waals surface area contributed by atoms with Crippen LogP contribution in [0.1, 0.15) is 20.8 Å². The van der Waals surface area contributed by atoms with Crippen molar-refractivity contribution in [3.8, 4) is 0 Å². The molecular weight excluding hydrogens is 276 g/mol. The molecule has 1 atom stereocenters. The van der Waals surface area contributed by atoms with Crippen molar-refractivity contribution in [1.29, 1.82) is 0 Å². The monoisotopic (exact) mass is 296 g/mol. The van der Waals surface area contributed by atoms with Crippen LogP contribution in [0.2, 0.25) is 0 Å². The Morgan fingerprint density at radius 2 is 2.14 bits per heavy atom. The van der Waals surface area contributed by atoms with Gasteiger partial charge in [0.15, 0.2) is 5.79 Å². The molecule has 6 nitrogen and oxygen atoms in total. The summed E-state index contributed by atoms with van der Waals surface area (Å²) in [5, 5.41) is 0. The molecule has 0 unspecified atom stereocenters. The molecule has 21 heavy (non-hydrogen) atoms. The van der Waals surface area contributed by atoms with Gasteiger partial charge in [-0.2, -0.15) is 0 Å². The van der Waals surface area contributed by atoms with Crippen molar-refractivity contribution in [3.05, 3.63) is 36.6 Å². The second kappa shape index (κ2) is 7.75. The third kappa shape index (κ3) is 5.93. The average Bonchev–Trinajstić information content (AvgIpc) is 2.75. The first-order valence-electron chi connectivity index (χ1n) is 6.58. The van der Waals surface area contributed by atoms with E-state index in [1.165, 1.54) is 6.08 Å². The Hall–Kier alpha value is -1.92. The molecule has 0 aromatic rings. The van der Waals surface area contributed by atoms with Crippen LogP contribution in [0.3, 0.4) is 0 Å². The fourth-order valence-electron chi connectivity index (χ4n) is 1.63. The Kier molecular flexibility index (Phi) is 6.33. The summed E-state index contributed by atoms with van der Waals surface area (Å²) < 4.78 is 20.4. The number of rotatable bonds is 6. The zero-order chi connectivity index (χ0) is 15.9. The predicted molar refractivity (Wildman–Crippen MR) is 75.0 cm³/mol. The lowest BCUT2D eigenvalue weighted by atomic mass is 10.2. The fraction of sp³-hybridized carbons (Fsp3) is 0.467. The average molecular weight is 296 g/mol. The van der Waals surface area contributed by atoms with Gasteiger partial charge in [0.2, 0.25) is 0 Å². The van der Waals surface area contributed by atoms with Crippen molar-refractivity contribution in [3.63, 3.8) is 0 Å². The highest BCUT2D eigenvalue weighted by Gasteiger charge is 2.31. The minimum absolute atomic E-state index is 0.231. The third-order valence-electron chi connectivity index (χ3n) is 2.52. The van der Waals surface area contributed by atoms with Crippen LogP contribution >= 0.6 is 0 Å². The lowest BCUT2D eigenvalue weighted by molar-refractivity contribution is -0.138. The minimum Gasteiger partial charge on any atom is -0.463 e. The smallest absolute Gasteiger partial charge is 0.342 e. The van der Waals surface area contributed by atoms with Crippen LogP contribution in [-0.2, 0) is 28.5 Å². The largest absolute Gasteiger partial charge is 0.463 e. The van der Waals surface area contributed by atoms with Crippen molar-refractivity contribution in [2.75, 3.05) is 13.2 Å². The Morgan fingerprint density at radius 1 is 1.43 bits per heavy atom. The first kappa shape index (κ1) is 17.1. The van der Waals surface area contributed by atoms with Gasteiger partial charge in [0.25, 0.3) is 0 Å². The second-order valence-electron chi connectivity index (χ2n) is 4.65. The SMILES string of the molecule is C=C/C(=C\[C@H]1COC(C)(C)O1)C(=O)O/C=C/C(=O)OCC. The van der Waals surface area contributed by atoms with E-state index in [0.717, 1.165) is 12.3 Å². The highest BCUT2D eigenvalue weighted by atomic mass is 16.7. The van der Waals surface area contributed by atoms with E-state index < -0.39 is 17.7 Å². The maximum atomic E-state index is 11.8. The molecule has 1 saturated heterocycles. The molecule has 1 rings (SSSR count). The molecule has 0 bridgehead atoms. The molecule has 1 heterocycles. The number of ether oxygens (including phenoxy) is 4. The molecule has 0 aromatic heterocycles. The lowest BCUT2D eigenvalue weighted by Crippen LogP contribution is -2.21. The molecule has 0 radical (unpaired) electrons. The first-order chi connectivity index (χ1) is 9.88. The van der Waals surface area contributed by atoms with E-state index in [1.54, 1.807) is 26.8 Å². The van der Waals surface area contributed by atoms with E-state index >= 15 is 0 Å². The van der Waals surface area contributed by atoms with E-state index in [1.807, 2.05) is 0 Å². The van der Waals surface area contributed by atoms with Crippen LogP contribution in [0, 0.1) is 0 Å². The van der Waals surface area contributed by atoms with Gasteiger partial charge in [0.1, 0.15) is 12.4 Å². The van der Waals surface area contributed by atoms with Crippen LogP contribution in [0.15, 0.2) is 36.6 Å². The fourth-order valence-corrected chi connectivity index (χ4v) is 1.63. The van der Waals surface area contributed by atoms with E-state index in [-0.39, 0.29) is 18.3 Å². The number of carbonyl (C=O) groups is 2. The molecular formula is C15H20O6. The van der Waals surface area contributed by atoms with Gasteiger partial charge in [-0.15, -0.1) is 0 Å². The molecule has 0 aromatic carbocycles. The van der Waals surface area contributed by atoms with Gasteiger partial charge in [0, 0.05) is 0 Å². The molecule has 6 heteroatoms. The number of hydrogen-bond acceptors (Lipinski definition) is 6. The van der Waals surface area contributed by atoms with Crippen LogP contribution in [0.4, 0.5) is 0 Å². The third-order valence-corrected chi connectivity index (χ3v) is 2.52. The summed E-state index contributed by atoms with van der Waals surface area (Å²) >= 11 is 0. The van der Waals surface area contributed by atoms with Gasteiger partial charge in [-0.25, -0.2) is 9.59 Å². The van der Waals surface area contributed by atoms with Gasteiger partial charge in [-0.3, -0.25) is 0 Å². The van der Waals surface area contributed by atoms with Crippen molar-refractivity contribution in [2.45, 2.75) is 32.7 Å². The Morgan fingerprint density at radius 3 is 2.67 bits per heavy atom. The quantitative estimate of drug-likeness (QED) is 0.322. The number of hydrogen-bond donors (Lipinski definition) is 0. The summed E-state index contributed by atoms with van der Waals surface area (Å²) in [7, 11) is 0. The highest BCUT2D eigenvalue weighted by Crippen LogP contribution is 2.23. The zero-order valence-corrected chi connectivity index (χ0v) is 12.5. The number of esters is 2. The van der Waals surface area contributed by atoms with Crippen LogP contribution in [0.25, 0.3) is 0 Å². The van der Waals surface area contributed by atoms with E-state index in [4.69, 9.17) is 14.2 Å². The minimum atomic E-state index is -0.679. The van der Waals surface area contributed by atoms with Crippen molar-refractivity contribution in [1.82, 2.24) is 0 Å². The lowest BCUT2D eigenvalue weighted by Gasteiger charge is -2.15. The summed E-state index contributed by atoms with van der Waals surface area (Å²) in [6.07, 6.45) is 4.58. The summed E-state index contributed by atoms with van der Waals surface area (Å²) in [5.74, 6) is -1.90. The summed E-state index contributed by atoms with van der Waals surface area (Å²) in [6.45, 7) is 9.40. The summed E-state index contributed by atoms with van der Waals surface area (Å²) in [4.78, 5) is 22.8. The number of carbonyl (C=O) groups excluding carboxylic acids is 2. The van der Waals surface area contributed by atoms with Gasteiger partial charge < -0.3 is 18.9 Å². The van der Waals surface area contributed by atoms with Crippen LogP contribution in [0.5, 0.6) is 0 Å². The van der Waals surface area contributed by atoms with Gasteiger partial charge in [0.05, 0.1) is 24.9 Å².